The summed E-state index contributed by atoms with van der Waals surface area (Å²) in [6, 6.07) is 10.1. The van der Waals surface area contributed by atoms with Gasteiger partial charge in [0.15, 0.2) is 0 Å². The molecule has 2 aromatic rings. The summed E-state index contributed by atoms with van der Waals surface area (Å²) in [5.41, 5.74) is 2.54. The Morgan fingerprint density at radius 2 is 2.29 bits per heavy atom. The molecular weight excluding hydrogens is 318 g/mol. The molecule has 4 nitrogen and oxygen atoms in total. The van der Waals surface area contributed by atoms with Crippen LogP contribution in [0.3, 0.4) is 0 Å². The fourth-order valence-corrected chi connectivity index (χ4v) is 3.95. The minimum absolute atomic E-state index is 0.140. The van der Waals surface area contributed by atoms with Crippen molar-refractivity contribution in [1.82, 2.24) is 9.88 Å². The first-order valence-electron chi connectivity index (χ1n) is 8.29. The van der Waals surface area contributed by atoms with E-state index in [4.69, 9.17) is 0 Å². The van der Waals surface area contributed by atoms with Crippen molar-refractivity contribution in [2.24, 2.45) is 5.92 Å². The molecule has 1 aromatic heterocycles. The van der Waals surface area contributed by atoms with Crippen LogP contribution in [0.15, 0.2) is 29.3 Å². The first kappa shape index (κ1) is 16.8. The SMILES string of the molecule is Cc1ccc2cc(C#N)c(SCC(=O)N3CCCC(C)C3)nc2c1. The maximum atomic E-state index is 12.4. The molecule has 0 N–H and O–H groups in total. The van der Waals surface area contributed by atoms with Gasteiger partial charge in [-0.25, -0.2) is 4.98 Å². The van der Waals surface area contributed by atoms with Gasteiger partial charge in [0.25, 0.3) is 0 Å². The van der Waals surface area contributed by atoms with Crippen LogP contribution in [0.5, 0.6) is 0 Å². The Kier molecular flexibility index (Phi) is 5.06. The number of pyridine rings is 1. The zero-order chi connectivity index (χ0) is 17.1. The highest BCUT2D eigenvalue weighted by atomic mass is 32.2. The summed E-state index contributed by atoms with van der Waals surface area (Å²) in [4.78, 5) is 19.0. The quantitative estimate of drug-likeness (QED) is 0.799. The smallest absolute Gasteiger partial charge is 0.232 e. The predicted octanol–water partition coefficient (Wildman–Crippen LogP) is 3.77. The van der Waals surface area contributed by atoms with Crippen molar-refractivity contribution in [2.75, 3.05) is 18.8 Å². The highest BCUT2D eigenvalue weighted by molar-refractivity contribution is 8.00. The van der Waals surface area contributed by atoms with E-state index in [0.29, 0.717) is 22.3 Å². The van der Waals surface area contributed by atoms with Gasteiger partial charge in [-0.15, -0.1) is 0 Å². The number of thioether (sulfide) groups is 1. The molecule has 1 aliphatic rings. The molecule has 0 bridgehead atoms. The monoisotopic (exact) mass is 339 g/mol. The molecule has 124 valence electrons. The van der Waals surface area contributed by atoms with E-state index in [-0.39, 0.29) is 5.91 Å². The van der Waals surface area contributed by atoms with Crippen LogP contribution in [0, 0.1) is 24.2 Å². The molecule has 1 aliphatic heterocycles. The molecule has 1 aromatic carbocycles. The fourth-order valence-electron chi connectivity index (χ4n) is 3.09. The average Bonchev–Trinajstić information content (AvgIpc) is 2.58. The Morgan fingerprint density at radius 3 is 3.04 bits per heavy atom. The summed E-state index contributed by atoms with van der Waals surface area (Å²) in [5.74, 6) is 1.05. The van der Waals surface area contributed by atoms with Gasteiger partial charge in [-0.3, -0.25) is 4.79 Å². The number of rotatable bonds is 3. The second kappa shape index (κ2) is 7.23. The van der Waals surface area contributed by atoms with Gasteiger partial charge >= 0.3 is 0 Å². The number of nitrogens with zero attached hydrogens (tertiary/aromatic N) is 3. The van der Waals surface area contributed by atoms with Gasteiger partial charge in [0.2, 0.25) is 5.91 Å². The van der Waals surface area contributed by atoms with E-state index in [9.17, 15) is 10.1 Å². The first-order valence-corrected chi connectivity index (χ1v) is 9.27. The molecule has 1 unspecified atom stereocenters. The maximum absolute atomic E-state index is 12.4. The number of nitriles is 1. The van der Waals surface area contributed by atoms with Crippen molar-refractivity contribution < 1.29 is 4.79 Å². The summed E-state index contributed by atoms with van der Waals surface area (Å²) in [7, 11) is 0. The average molecular weight is 339 g/mol. The molecule has 1 amide bonds. The number of benzene rings is 1. The van der Waals surface area contributed by atoms with Gasteiger partial charge in [0.1, 0.15) is 11.1 Å². The van der Waals surface area contributed by atoms with Gasteiger partial charge in [-0.2, -0.15) is 5.26 Å². The van der Waals surface area contributed by atoms with Crippen molar-refractivity contribution in [3.8, 4) is 6.07 Å². The predicted molar refractivity (Wildman–Crippen MR) is 96.9 cm³/mol. The number of carbonyl (C=O) groups is 1. The molecule has 1 saturated heterocycles. The molecule has 0 saturated carbocycles. The van der Waals surface area contributed by atoms with Gasteiger partial charge < -0.3 is 4.90 Å². The van der Waals surface area contributed by atoms with Crippen molar-refractivity contribution >= 4 is 28.6 Å². The first-order chi connectivity index (χ1) is 11.6. The van der Waals surface area contributed by atoms with Crippen LogP contribution in [-0.2, 0) is 4.79 Å². The van der Waals surface area contributed by atoms with Crippen LogP contribution in [0.2, 0.25) is 0 Å². The number of aryl methyl sites for hydroxylation is 1. The fraction of sp³-hybridized carbons (Fsp3) is 0.421. The van der Waals surface area contributed by atoms with E-state index in [1.54, 1.807) is 0 Å². The van der Waals surface area contributed by atoms with Crippen molar-refractivity contribution in [1.29, 1.82) is 5.26 Å². The third-order valence-corrected chi connectivity index (χ3v) is 5.38. The van der Waals surface area contributed by atoms with Crippen LogP contribution >= 0.6 is 11.8 Å². The molecule has 1 fully saturated rings. The van der Waals surface area contributed by atoms with Crippen molar-refractivity contribution in [3.63, 3.8) is 0 Å². The molecule has 0 radical (unpaired) electrons. The minimum Gasteiger partial charge on any atom is -0.342 e. The van der Waals surface area contributed by atoms with Crippen LogP contribution < -0.4 is 0 Å². The number of fused-ring (bicyclic) bond motifs is 1. The van der Waals surface area contributed by atoms with Crippen LogP contribution in [0.1, 0.15) is 30.9 Å². The maximum Gasteiger partial charge on any atom is 0.232 e. The van der Waals surface area contributed by atoms with E-state index in [1.165, 1.54) is 18.2 Å². The molecule has 2 heterocycles. The van der Waals surface area contributed by atoms with Crippen LogP contribution in [0.4, 0.5) is 0 Å². The number of carbonyl (C=O) groups excluding carboxylic acids is 1. The topological polar surface area (TPSA) is 57.0 Å². The minimum atomic E-state index is 0.140. The Morgan fingerprint density at radius 1 is 1.46 bits per heavy atom. The normalized spacial score (nSPS) is 17.7. The van der Waals surface area contributed by atoms with E-state index < -0.39 is 0 Å². The van der Waals surface area contributed by atoms with E-state index in [0.717, 1.165) is 36.0 Å². The number of likely N-dealkylation sites (tertiary alicyclic amines) is 1. The molecular formula is C19H21N3OS. The lowest BCUT2D eigenvalue weighted by Crippen LogP contribution is -2.40. The third kappa shape index (κ3) is 3.70. The van der Waals surface area contributed by atoms with Gasteiger partial charge in [0.05, 0.1) is 16.8 Å². The van der Waals surface area contributed by atoms with Crippen molar-refractivity contribution in [2.45, 2.75) is 31.7 Å². The Labute approximate surface area is 146 Å². The Bertz CT molecular complexity index is 812. The number of aromatic nitrogens is 1. The van der Waals surface area contributed by atoms with Gasteiger partial charge in [0, 0.05) is 18.5 Å². The Hall–Kier alpha value is -2.06. The number of piperidine rings is 1. The molecule has 3 rings (SSSR count). The summed E-state index contributed by atoms with van der Waals surface area (Å²) in [6.45, 7) is 5.90. The van der Waals surface area contributed by atoms with Crippen molar-refractivity contribution in [3.05, 3.63) is 35.4 Å². The molecule has 0 spiro atoms. The molecule has 24 heavy (non-hydrogen) atoms. The third-order valence-electron chi connectivity index (χ3n) is 4.40. The van der Waals surface area contributed by atoms with Crippen LogP contribution in [0.25, 0.3) is 10.9 Å². The second-order valence-electron chi connectivity index (χ2n) is 6.52. The number of hydrogen-bond acceptors (Lipinski definition) is 4. The lowest BCUT2D eigenvalue weighted by Gasteiger charge is -2.30. The zero-order valence-electron chi connectivity index (χ0n) is 14.1. The molecule has 1 atom stereocenters. The van der Waals surface area contributed by atoms with Gasteiger partial charge in [-0.1, -0.05) is 30.8 Å². The molecule has 0 aliphatic carbocycles. The van der Waals surface area contributed by atoms with E-state index >= 15 is 0 Å². The highest BCUT2D eigenvalue weighted by Gasteiger charge is 2.21. The highest BCUT2D eigenvalue weighted by Crippen LogP contribution is 2.26. The Balaban J connectivity index is 1.76. The second-order valence-corrected chi connectivity index (χ2v) is 7.49. The lowest BCUT2D eigenvalue weighted by molar-refractivity contribution is -0.130. The standard InChI is InChI=1S/C19H21N3OS/c1-13-5-6-15-9-16(10-20)19(21-17(15)8-13)24-12-18(23)22-7-3-4-14(2)11-22/h5-6,8-9,14H,3-4,7,11-12H2,1-2H3. The van der Waals surface area contributed by atoms with E-state index in [2.05, 4.69) is 18.0 Å². The summed E-state index contributed by atoms with van der Waals surface area (Å²) in [6.07, 6.45) is 2.27. The summed E-state index contributed by atoms with van der Waals surface area (Å²) in [5, 5.41) is 11.0. The lowest BCUT2D eigenvalue weighted by atomic mass is 10.0. The van der Waals surface area contributed by atoms with Gasteiger partial charge in [-0.05, 0) is 43.4 Å². The zero-order valence-corrected chi connectivity index (χ0v) is 14.9. The molecule has 5 heteroatoms. The summed E-state index contributed by atoms with van der Waals surface area (Å²) >= 11 is 1.37. The summed E-state index contributed by atoms with van der Waals surface area (Å²) < 4.78 is 0. The number of amides is 1. The van der Waals surface area contributed by atoms with E-state index in [1.807, 2.05) is 36.1 Å². The van der Waals surface area contributed by atoms with Crippen LogP contribution in [-0.4, -0.2) is 34.6 Å². The largest absolute Gasteiger partial charge is 0.342 e. The number of hydrogen-bond donors (Lipinski definition) is 0.